The Balaban J connectivity index is 1.85. The fourth-order valence-corrected chi connectivity index (χ4v) is 2.31. The summed E-state index contributed by atoms with van der Waals surface area (Å²) in [6.07, 6.45) is 2.45. The first-order valence-corrected chi connectivity index (χ1v) is 7.49. The maximum Gasteiger partial charge on any atom is 0.272 e. The Kier molecular flexibility index (Phi) is 5.33. The summed E-state index contributed by atoms with van der Waals surface area (Å²) in [4.78, 5) is 22.3. The maximum atomic E-state index is 12.0. The molecule has 7 nitrogen and oxygen atoms in total. The van der Waals surface area contributed by atoms with E-state index < -0.39 is 4.92 Å². The van der Waals surface area contributed by atoms with Crippen molar-refractivity contribution in [1.29, 1.82) is 0 Å². The fraction of sp³-hybridized carbons (Fsp3) is 0.333. The summed E-state index contributed by atoms with van der Waals surface area (Å²) in [5, 5.41) is 18.4. The molecule has 2 rings (SSSR count). The number of amides is 1. The van der Waals surface area contributed by atoms with Crippen LogP contribution in [0.4, 0.5) is 5.69 Å². The van der Waals surface area contributed by atoms with Crippen molar-refractivity contribution in [3.63, 3.8) is 0 Å². The summed E-state index contributed by atoms with van der Waals surface area (Å²) in [5.74, 6) is -0.252. The van der Waals surface area contributed by atoms with E-state index in [1.807, 2.05) is 6.92 Å². The molecule has 23 heavy (non-hydrogen) atoms. The van der Waals surface area contributed by atoms with Crippen molar-refractivity contribution >= 4 is 23.2 Å². The molecule has 0 radical (unpaired) electrons. The monoisotopic (exact) mass is 336 g/mol. The highest BCUT2D eigenvalue weighted by molar-refractivity contribution is 6.31. The topological polar surface area (TPSA) is 90.1 Å². The van der Waals surface area contributed by atoms with E-state index in [9.17, 15) is 14.9 Å². The number of hydrogen-bond acceptors (Lipinski definition) is 4. The number of carbonyl (C=O) groups excluding carboxylic acids is 1. The van der Waals surface area contributed by atoms with Crippen LogP contribution < -0.4 is 5.32 Å². The third kappa shape index (κ3) is 4.29. The predicted octanol–water partition coefficient (Wildman–Crippen LogP) is 2.88. The van der Waals surface area contributed by atoms with Crippen LogP contribution in [0, 0.1) is 24.0 Å². The Bertz CT molecular complexity index is 723. The normalized spacial score (nSPS) is 10.6. The van der Waals surface area contributed by atoms with Gasteiger partial charge in [0.2, 0.25) is 0 Å². The van der Waals surface area contributed by atoms with Crippen LogP contribution in [-0.2, 0) is 6.54 Å². The highest BCUT2D eigenvalue weighted by Gasteiger charge is 2.13. The Morgan fingerprint density at radius 1 is 1.43 bits per heavy atom. The van der Waals surface area contributed by atoms with Crippen molar-refractivity contribution in [2.24, 2.45) is 0 Å². The van der Waals surface area contributed by atoms with Gasteiger partial charge in [0.15, 0.2) is 0 Å². The van der Waals surface area contributed by atoms with Gasteiger partial charge in [0.05, 0.1) is 15.6 Å². The maximum absolute atomic E-state index is 12.0. The van der Waals surface area contributed by atoms with E-state index in [1.165, 1.54) is 18.2 Å². The van der Waals surface area contributed by atoms with Gasteiger partial charge in [0.1, 0.15) is 0 Å². The molecule has 122 valence electrons. The van der Waals surface area contributed by atoms with Gasteiger partial charge in [-0.2, -0.15) is 5.10 Å². The number of halogens is 1. The molecule has 0 spiro atoms. The lowest BCUT2D eigenvalue weighted by Gasteiger charge is -2.06. The summed E-state index contributed by atoms with van der Waals surface area (Å²) in [7, 11) is 0. The minimum Gasteiger partial charge on any atom is -0.352 e. The number of carbonyl (C=O) groups is 1. The van der Waals surface area contributed by atoms with E-state index in [1.54, 1.807) is 17.8 Å². The van der Waals surface area contributed by atoms with Crippen molar-refractivity contribution < 1.29 is 9.72 Å². The van der Waals surface area contributed by atoms with Crippen LogP contribution in [0.5, 0.6) is 0 Å². The van der Waals surface area contributed by atoms with E-state index >= 15 is 0 Å². The first-order valence-electron chi connectivity index (χ1n) is 7.11. The summed E-state index contributed by atoms with van der Waals surface area (Å²) in [6.45, 7) is 4.56. The number of nitro groups is 1. The molecule has 0 aliphatic rings. The number of nitrogens with one attached hydrogen (secondary N) is 1. The van der Waals surface area contributed by atoms with E-state index in [-0.39, 0.29) is 11.6 Å². The molecule has 0 aliphatic carbocycles. The molecule has 1 aromatic heterocycles. The quantitative estimate of drug-likeness (QED) is 0.499. The first kappa shape index (κ1) is 17.0. The Labute approximate surface area is 138 Å². The molecule has 1 N–H and O–H groups in total. The molecule has 0 fully saturated rings. The van der Waals surface area contributed by atoms with Gasteiger partial charge in [-0.3, -0.25) is 19.6 Å². The lowest BCUT2D eigenvalue weighted by atomic mass is 10.1. The minimum atomic E-state index is -0.464. The van der Waals surface area contributed by atoms with E-state index in [0.717, 1.165) is 5.69 Å². The second kappa shape index (κ2) is 7.23. The third-order valence-corrected chi connectivity index (χ3v) is 3.76. The van der Waals surface area contributed by atoms with Gasteiger partial charge in [-0.15, -0.1) is 0 Å². The largest absolute Gasteiger partial charge is 0.352 e. The molecular weight excluding hydrogens is 320 g/mol. The predicted molar refractivity (Wildman–Crippen MR) is 86.8 cm³/mol. The van der Waals surface area contributed by atoms with Gasteiger partial charge in [-0.25, -0.2) is 0 Å². The highest BCUT2D eigenvalue weighted by Crippen LogP contribution is 2.18. The molecule has 2 aromatic rings. The molecule has 1 heterocycles. The van der Waals surface area contributed by atoms with Crippen LogP contribution in [0.3, 0.4) is 0 Å². The number of aromatic nitrogens is 2. The third-order valence-electron chi connectivity index (χ3n) is 3.39. The molecule has 0 saturated carbocycles. The zero-order valence-electron chi connectivity index (χ0n) is 12.9. The number of benzene rings is 1. The molecule has 0 bridgehead atoms. The zero-order chi connectivity index (χ0) is 17.0. The van der Waals surface area contributed by atoms with Gasteiger partial charge in [0, 0.05) is 36.5 Å². The van der Waals surface area contributed by atoms with Crippen LogP contribution in [0.1, 0.15) is 28.0 Å². The smallest absolute Gasteiger partial charge is 0.272 e. The second-order valence-corrected chi connectivity index (χ2v) is 5.60. The van der Waals surface area contributed by atoms with Crippen LogP contribution in [-0.4, -0.2) is 27.2 Å². The van der Waals surface area contributed by atoms with Crippen LogP contribution >= 0.6 is 11.6 Å². The number of hydrogen-bond donors (Lipinski definition) is 1. The Morgan fingerprint density at radius 3 is 2.74 bits per heavy atom. The Morgan fingerprint density at radius 2 is 2.17 bits per heavy atom. The number of nitrogens with zero attached hydrogens (tertiary/aromatic N) is 3. The van der Waals surface area contributed by atoms with Crippen molar-refractivity contribution in [3.05, 3.63) is 56.4 Å². The van der Waals surface area contributed by atoms with Crippen molar-refractivity contribution in [3.8, 4) is 0 Å². The SMILES string of the molecule is Cc1cc(C(=O)NCCCn2cc(Cl)c(C)n2)ccc1[N+](=O)[O-]. The lowest BCUT2D eigenvalue weighted by Crippen LogP contribution is -2.25. The van der Waals surface area contributed by atoms with E-state index in [2.05, 4.69) is 10.4 Å². The molecule has 1 amide bonds. The lowest BCUT2D eigenvalue weighted by molar-refractivity contribution is -0.385. The minimum absolute atomic E-state index is 0.00693. The van der Waals surface area contributed by atoms with Crippen molar-refractivity contribution in [2.75, 3.05) is 6.54 Å². The molecule has 0 atom stereocenters. The highest BCUT2D eigenvalue weighted by atomic mass is 35.5. The van der Waals surface area contributed by atoms with Gasteiger partial charge in [-0.05, 0) is 32.4 Å². The summed E-state index contributed by atoms with van der Waals surface area (Å²) in [5.41, 5.74) is 1.65. The average molecular weight is 337 g/mol. The number of aryl methyl sites for hydroxylation is 3. The van der Waals surface area contributed by atoms with Crippen LogP contribution in [0.15, 0.2) is 24.4 Å². The molecule has 8 heteroatoms. The van der Waals surface area contributed by atoms with Gasteiger partial charge in [-0.1, -0.05) is 11.6 Å². The zero-order valence-corrected chi connectivity index (χ0v) is 13.6. The molecule has 1 aromatic carbocycles. The van der Waals surface area contributed by atoms with Gasteiger partial charge >= 0.3 is 0 Å². The first-order chi connectivity index (χ1) is 10.9. The van der Waals surface area contributed by atoms with E-state index in [4.69, 9.17) is 11.6 Å². The summed E-state index contributed by atoms with van der Waals surface area (Å²) >= 11 is 5.92. The van der Waals surface area contributed by atoms with Gasteiger partial charge < -0.3 is 5.32 Å². The van der Waals surface area contributed by atoms with Crippen LogP contribution in [0.25, 0.3) is 0 Å². The number of rotatable bonds is 6. The molecule has 0 saturated heterocycles. The van der Waals surface area contributed by atoms with Gasteiger partial charge in [0.25, 0.3) is 11.6 Å². The van der Waals surface area contributed by atoms with E-state index in [0.29, 0.717) is 35.7 Å². The second-order valence-electron chi connectivity index (χ2n) is 5.19. The van der Waals surface area contributed by atoms with Crippen molar-refractivity contribution in [2.45, 2.75) is 26.8 Å². The molecular formula is C15H17ClN4O3. The average Bonchev–Trinajstić information content (AvgIpc) is 2.81. The fourth-order valence-electron chi connectivity index (χ4n) is 2.15. The van der Waals surface area contributed by atoms with Crippen molar-refractivity contribution in [1.82, 2.24) is 15.1 Å². The Hall–Kier alpha value is -2.41. The molecule has 0 unspecified atom stereocenters. The summed E-state index contributed by atoms with van der Waals surface area (Å²) < 4.78 is 1.74. The summed E-state index contributed by atoms with van der Waals surface area (Å²) in [6, 6.07) is 4.32. The number of nitro benzene ring substituents is 1. The van der Waals surface area contributed by atoms with Crippen LogP contribution in [0.2, 0.25) is 5.02 Å². The standard InChI is InChI=1S/C15H17ClN4O3/c1-10-8-12(4-5-14(10)20(22)23)15(21)17-6-3-7-19-9-13(16)11(2)18-19/h4-5,8-9H,3,6-7H2,1-2H3,(H,17,21). The molecule has 0 aliphatic heterocycles.